The van der Waals surface area contributed by atoms with Gasteiger partial charge in [-0.05, 0) is 54.4 Å². The normalized spacial score (nSPS) is 12.8. The second-order valence-electron chi connectivity index (χ2n) is 4.10. The van der Waals surface area contributed by atoms with Crippen LogP contribution in [-0.4, -0.2) is 11.3 Å². The first-order chi connectivity index (χ1) is 8.65. The summed E-state index contributed by atoms with van der Waals surface area (Å²) in [5.74, 6) is 0.271. The first kappa shape index (κ1) is 12.8. The van der Waals surface area contributed by atoms with Gasteiger partial charge in [0.2, 0.25) is 0 Å². The third kappa shape index (κ3) is 3.44. The highest BCUT2D eigenvalue weighted by molar-refractivity contribution is 9.10. The first-order valence-electron chi connectivity index (χ1n) is 5.73. The predicted octanol–water partition coefficient (Wildman–Crippen LogP) is 4.33. The van der Waals surface area contributed by atoms with Crippen LogP contribution in [-0.2, 0) is 0 Å². The zero-order valence-corrected chi connectivity index (χ0v) is 11.6. The number of rotatable bonds is 3. The van der Waals surface area contributed by atoms with Crippen molar-refractivity contribution < 1.29 is 5.11 Å². The van der Waals surface area contributed by atoms with E-state index in [1.54, 1.807) is 12.1 Å². The number of aromatic hydroxyl groups is 1. The van der Waals surface area contributed by atoms with E-state index >= 15 is 0 Å². The van der Waals surface area contributed by atoms with Crippen LogP contribution in [0.5, 0.6) is 5.75 Å². The van der Waals surface area contributed by atoms with Gasteiger partial charge in [-0.15, -0.1) is 0 Å². The van der Waals surface area contributed by atoms with E-state index in [2.05, 4.69) is 40.0 Å². The molecule has 0 saturated carbocycles. The Hall–Kier alpha value is -1.61. The Labute approximate surface area is 115 Å². The summed E-state index contributed by atoms with van der Waals surface area (Å²) in [6, 6.07) is 15.3. The number of nitrogens with zero attached hydrogens (tertiary/aromatic N) is 1. The molecular formula is C15H14BrNO. The molecule has 0 saturated heterocycles. The number of hydrogen-bond acceptors (Lipinski definition) is 2. The van der Waals surface area contributed by atoms with Crippen molar-refractivity contribution in [2.24, 2.45) is 4.99 Å². The van der Waals surface area contributed by atoms with Gasteiger partial charge in [-0.3, -0.25) is 4.99 Å². The standard InChI is InChI=1S/C15H14BrNO/c1-11(13-4-6-14(16)7-5-13)17-10-12-2-8-15(18)9-3-12/h2-11,18H,1H3/t11-/m1/s1. The number of phenols is 1. The monoisotopic (exact) mass is 303 g/mol. The number of phenolic OH excluding ortho intramolecular Hbond substituents is 1. The summed E-state index contributed by atoms with van der Waals surface area (Å²) in [7, 11) is 0. The zero-order chi connectivity index (χ0) is 13.0. The lowest BCUT2D eigenvalue weighted by molar-refractivity contribution is 0.475. The van der Waals surface area contributed by atoms with Crippen molar-refractivity contribution in [2.45, 2.75) is 13.0 Å². The average molecular weight is 304 g/mol. The van der Waals surface area contributed by atoms with Gasteiger partial charge in [0.25, 0.3) is 0 Å². The van der Waals surface area contributed by atoms with Crippen LogP contribution < -0.4 is 0 Å². The van der Waals surface area contributed by atoms with Crippen molar-refractivity contribution in [3.8, 4) is 5.75 Å². The molecule has 92 valence electrons. The van der Waals surface area contributed by atoms with Gasteiger partial charge in [-0.25, -0.2) is 0 Å². The maximum atomic E-state index is 9.19. The Kier molecular flexibility index (Phi) is 4.15. The molecule has 2 nitrogen and oxygen atoms in total. The van der Waals surface area contributed by atoms with Crippen molar-refractivity contribution in [1.29, 1.82) is 0 Å². The van der Waals surface area contributed by atoms with Gasteiger partial charge in [0.05, 0.1) is 6.04 Å². The summed E-state index contributed by atoms with van der Waals surface area (Å²) in [6.45, 7) is 2.06. The smallest absolute Gasteiger partial charge is 0.115 e. The molecule has 0 radical (unpaired) electrons. The highest BCUT2D eigenvalue weighted by atomic mass is 79.9. The van der Waals surface area contributed by atoms with Gasteiger partial charge < -0.3 is 5.11 Å². The highest BCUT2D eigenvalue weighted by Crippen LogP contribution is 2.19. The lowest BCUT2D eigenvalue weighted by Gasteiger charge is -2.06. The molecule has 2 rings (SSSR count). The van der Waals surface area contributed by atoms with Crippen molar-refractivity contribution in [1.82, 2.24) is 0 Å². The maximum absolute atomic E-state index is 9.19. The molecule has 1 atom stereocenters. The number of halogens is 1. The predicted molar refractivity (Wildman–Crippen MR) is 78.3 cm³/mol. The van der Waals surface area contributed by atoms with Crippen LogP contribution in [0.3, 0.4) is 0 Å². The number of benzene rings is 2. The summed E-state index contributed by atoms with van der Waals surface area (Å²) in [6.07, 6.45) is 1.83. The fraction of sp³-hybridized carbons (Fsp3) is 0.133. The van der Waals surface area contributed by atoms with E-state index in [4.69, 9.17) is 0 Å². The van der Waals surface area contributed by atoms with Crippen LogP contribution in [0.25, 0.3) is 0 Å². The largest absolute Gasteiger partial charge is 0.508 e. The van der Waals surface area contributed by atoms with Gasteiger partial charge >= 0.3 is 0 Å². The van der Waals surface area contributed by atoms with Gasteiger partial charge in [0, 0.05) is 10.7 Å². The summed E-state index contributed by atoms with van der Waals surface area (Å²) in [5, 5.41) is 9.19. The van der Waals surface area contributed by atoms with Crippen LogP contribution in [0.15, 0.2) is 58.0 Å². The highest BCUT2D eigenvalue weighted by Gasteiger charge is 2.01. The van der Waals surface area contributed by atoms with E-state index in [0.717, 1.165) is 10.0 Å². The molecule has 0 aliphatic rings. The molecule has 2 aromatic carbocycles. The Morgan fingerprint density at radius 3 is 2.28 bits per heavy atom. The Balaban J connectivity index is 2.08. The Bertz CT molecular complexity index is 531. The van der Waals surface area contributed by atoms with E-state index in [9.17, 15) is 5.11 Å². The Morgan fingerprint density at radius 1 is 1.06 bits per heavy atom. The SMILES string of the molecule is C[C@@H](N=Cc1ccc(O)cc1)c1ccc(Br)cc1. The third-order valence-electron chi connectivity index (χ3n) is 2.69. The molecule has 3 heteroatoms. The lowest BCUT2D eigenvalue weighted by Crippen LogP contribution is -1.90. The topological polar surface area (TPSA) is 32.6 Å². The zero-order valence-electron chi connectivity index (χ0n) is 10.0. The molecule has 2 aromatic rings. The van der Waals surface area contributed by atoms with E-state index in [1.807, 2.05) is 30.5 Å². The van der Waals surface area contributed by atoms with Gasteiger partial charge in [-0.1, -0.05) is 28.1 Å². The van der Waals surface area contributed by atoms with Crippen molar-refractivity contribution in [2.75, 3.05) is 0 Å². The molecule has 0 aliphatic heterocycles. The summed E-state index contributed by atoms with van der Waals surface area (Å²) < 4.78 is 1.07. The minimum absolute atomic E-state index is 0.118. The molecule has 0 aliphatic carbocycles. The van der Waals surface area contributed by atoms with E-state index in [-0.39, 0.29) is 11.8 Å². The molecule has 0 aromatic heterocycles. The fourth-order valence-corrected chi connectivity index (χ4v) is 1.85. The lowest BCUT2D eigenvalue weighted by atomic mass is 10.1. The minimum atomic E-state index is 0.118. The van der Waals surface area contributed by atoms with Gasteiger partial charge in [0.1, 0.15) is 5.75 Å². The number of hydrogen-bond donors (Lipinski definition) is 1. The molecule has 1 N–H and O–H groups in total. The summed E-state index contributed by atoms with van der Waals surface area (Å²) >= 11 is 3.41. The molecule has 0 amide bonds. The van der Waals surface area contributed by atoms with Gasteiger partial charge in [0.15, 0.2) is 0 Å². The van der Waals surface area contributed by atoms with Crippen molar-refractivity contribution >= 4 is 22.1 Å². The van der Waals surface area contributed by atoms with E-state index < -0.39 is 0 Å². The fourth-order valence-electron chi connectivity index (χ4n) is 1.59. The van der Waals surface area contributed by atoms with Crippen LogP contribution in [0.4, 0.5) is 0 Å². The summed E-state index contributed by atoms with van der Waals surface area (Å²) in [5.41, 5.74) is 2.16. The second-order valence-corrected chi connectivity index (χ2v) is 5.01. The molecule has 18 heavy (non-hydrogen) atoms. The van der Waals surface area contributed by atoms with Crippen molar-refractivity contribution in [3.05, 3.63) is 64.1 Å². The van der Waals surface area contributed by atoms with E-state index in [0.29, 0.717) is 0 Å². The molecule has 0 bridgehead atoms. The molecule has 0 fully saturated rings. The third-order valence-corrected chi connectivity index (χ3v) is 3.22. The molecule has 0 unspecified atom stereocenters. The van der Waals surface area contributed by atoms with Crippen LogP contribution in [0, 0.1) is 0 Å². The van der Waals surface area contributed by atoms with Crippen molar-refractivity contribution in [3.63, 3.8) is 0 Å². The first-order valence-corrected chi connectivity index (χ1v) is 6.52. The quantitative estimate of drug-likeness (QED) is 0.841. The second kappa shape index (κ2) is 5.83. The minimum Gasteiger partial charge on any atom is -0.508 e. The average Bonchev–Trinajstić information content (AvgIpc) is 2.38. The van der Waals surface area contributed by atoms with E-state index in [1.165, 1.54) is 5.56 Å². The van der Waals surface area contributed by atoms with Crippen LogP contribution in [0.2, 0.25) is 0 Å². The van der Waals surface area contributed by atoms with Crippen LogP contribution >= 0.6 is 15.9 Å². The Morgan fingerprint density at radius 2 is 1.67 bits per heavy atom. The molecule has 0 spiro atoms. The van der Waals surface area contributed by atoms with Gasteiger partial charge in [-0.2, -0.15) is 0 Å². The number of aliphatic imine (C=N–C) groups is 1. The maximum Gasteiger partial charge on any atom is 0.115 e. The molecule has 0 heterocycles. The summed E-state index contributed by atoms with van der Waals surface area (Å²) in [4.78, 5) is 4.50. The molecular weight excluding hydrogens is 290 g/mol. The van der Waals surface area contributed by atoms with Crippen LogP contribution in [0.1, 0.15) is 24.1 Å².